The Morgan fingerprint density at radius 3 is 2.80 bits per heavy atom. The molecule has 3 heterocycles. The van der Waals surface area contributed by atoms with E-state index >= 15 is 0 Å². The summed E-state index contributed by atoms with van der Waals surface area (Å²) in [5.41, 5.74) is 5.64. The van der Waals surface area contributed by atoms with Gasteiger partial charge in [-0.25, -0.2) is 4.98 Å². The summed E-state index contributed by atoms with van der Waals surface area (Å²) in [5.74, 6) is 0.952. The van der Waals surface area contributed by atoms with Gasteiger partial charge in [0.2, 0.25) is 5.91 Å². The molecule has 156 valence electrons. The fourth-order valence-electron chi connectivity index (χ4n) is 3.89. The lowest BCUT2D eigenvalue weighted by Gasteiger charge is -2.33. The van der Waals surface area contributed by atoms with E-state index in [-0.39, 0.29) is 12.0 Å². The first-order valence-electron chi connectivity index (χ1n) is 10.4. The largest absolute Gasteiger partial charge is 0.368 e. The van der Waals surface area contributed by atoms with Crippen molar-refractivity contribution in [2.24, 2.45) is 0 Å². The van der Waals surface area contributed by atoms with Gasteiger partial charge in [-0.1, -0.05) is 42.4 Å². The summed E-state index contributed by atoms with van der Waals surface area (Å²) < 4.78 is 11.4. The van der Waals surface area contributed by atoms with E-state index in [1.54, 1.807) is 0 Å². The van der Waals surface area contributed by atoms with Crippen molar-refractivity contribution >= 4 is 5.91 Å². The number of hydrogen-bond acceptors (Lipinski definition) is 5. The van der Waals surface area contributed by atoms with Crippen LogP contribution in [0.4, 0.5) is 0 Å². The molecule has 2 aromatic heterocycles. The number of nitrogens with zero attached hydrogens (tertiary/aromatic N) is 3. The molecule has 1 aromatic carbocycles. The van der Waals surface area contributed by atoms with Gasteiger partial charge in [-0.3, -0.25) is 4.79 Å². The van der Waals surface area contributed by atoms with Crippen LogP contribution in [0, 0.1) is 13.8 Å². The average molecular weight is 405 g/mol. The van der Waals surface area contributed by atoms with Crippen molar-refractivity contribution in [3.63, 3.8) is 0 Å². The van der Waals surface area contributed by atoms with Crippen LogP contribution in [-0.4, -0.2) is 40.6 Å². The van der Waals surface area contributed by atoms with Gasteiger partial charge in [0.05, 0.1) is 42.2 Å². The van der Waals surface area contributed by atoms with Gasteiger partial charge in [0, 0.05) is 13.0 Å². The van der Waals surface area contributed by atoms with Crippen molar-refractivity contribution in [1.29, 1.82) is 0 Å². The Balaban J connectivity index is 1.52. The van der Waals surface area contributed by atoms with Crippen molar-refractivity contribution in [1.82, 2.24) is 15.0 Å². The molecule has 1 aliphatic rings. The first-order chi connectivity index (χ1) is 14.6. The SMILES string of the molecule is CCc1onc(C)c1-c1cccc([C@@H]2CN(C(=O)Cc3ccccc3C)CCO2)n1. The van der Waals surface area contributed by atoms with E-state index in [1.807, 2.05) is 68.1 Å². The number of aromatic nitrogens is 2. The van der Waals surface area contributed by atoms with E-state index in [9.17, 15) is 4.79 Å². The summed E-state index contributed by atoms with van der Waals surface area (Å²) >= 11 is 0. The van der Waals surface area contributed by atoms with Crippen LogP contribution < -0.4 is 0 Å². The Labute approximate surface area is 176 Å². The number of morpholine rings is 1. The first-order valence-corrected chi connectivity index (χ1v) is 10.4. The molecule has 1 amide bonds. The molecule has 6 heteroatoms. The molecule has 0 unspecified atom stereocenters. The van der Waals surface area contributed by atoms with Crippen LogP contribution in [-0.2, 0) is 22.4 Å². The average Bonchev–Trinajstić information content (AvgIpc) is 3.16. The first kappa shape index (κ1) is 20.3. The lowest BCUT2D eigenvalue weighted by atomic mass is 10.0. The molecule has 4 rings (SSSR count). The maximum Gasteiger partial charge on any atom is 0.227 e. The van der Waals surface area contributed by atoms with Crippen LogP contribution in [0.15, 0.2) is 47.0 Å². The number of carbonyl (C=O) groups excluding carboxylic acids is 1. The number of ether oxygens (including phenoxy) is 1. The zero-order chi connectivity index (χ0) is 21.1. The Kier molecular flexibility index (Phi) is 5.95. The third-order valence-corrected chi connectivity index (χ3v) is 5.63. The van der Waals surface area contributed by atoms with Gasteiger partial charge in [-0.2, -0.15) is 0 Å². The molecule has 0 saturated carbocycles. The van der Waals surface area contributed by atoms with Crippen LogP contribution in [0.1, 0.15) is 41.3 Å². The molecule has 3 aromatic rings. The molecule has 1 fully saturated rings. The smallest absolute Gasteiger partial charge is 0.227 e. The van der Waals surface area contributed by atoms with E-state index in [0.717, 1.165) is 46.0 Å². The Morgan fingerprint density at radius 2 is 2.00 bits per heavy atom. The third-order valence-electron chi connectivity index (χ3n) is 5.63. The lowest BCUT2D eigenvalue weighted by Crippen LogP contribution is -2.43. The van der Waals surface area contributed by atoms with Crippen LogP contribution in [0.3, 0.4) is 0 Å². The Hall–Kier alpha value is -2.99. The molecule has 0 spiro atoms. The molecule has 1 saturated heterocycles. The minimum absolute atomic E-state index is 0.122. The van der Waals surface area contributed by atoms with E-state index in [0.29, 0.717) is 26.1 Å². The Bertz CT molecular complexity index is 1040. The van der Waals surface area contributed by atoms with E-state index in [2.05, 4.69) is 5.16 Å². The topological polar surface area (TPSA) is 68.5 Å². The second kappa shape index (κ2) is 8.79. The van der Waals surface area contributed by atoms with Crippen LogP contribution in [0.5, 0.6) is 0 Å². The monoisotopic (exact) mass is 405 g/mol. The van der Waals surface area contributed by atoms with E-state index in [1.165, 1.54) is 0 Å². The molecule has 0 aliphatic carbocycles. The highest BCUT2D eigenvalue weighted by Crippen LogP contribution is 2.29. The molecule has 0 bridgehead atoms. The van der Waals surface area contributed by atoms with Crippen molar-refractivity contribution in [3.8, 4) is 11.3 Å². The summed E-state index contributed by atoms with van der Waals surface area (Å²) in [6.07, 6.45) is 0.917. The van der Waals surface area contributed by atoms with Crippen molar-refractivity contribution in [2.75, 3.05) is 19.7 Å². The maximum absolute atomic E-state index is 12.9. The number of carbonyl (C=O) groups is 1. The summed E-state index contributed by atoms with van der Waals surface area (Å²) in [4.78, 5) is 19.6. The van der Waals surface area contributed by atoms with Gasteiger partial charge < -0.3 is 14.2 Å². The number of aryl methyl sites for hydroxylation is 3. The van der Waals surface area contributed by atoms with E-state index in [4.69, 9.17) is 14.2 Å². The number of benzene rings is 1. The standard InChI is InChI=1S/C24H27N3O3/c1-4-21-24(17(3)26-30-21)20-11-7-10-19(25-20)22-15-27(12-13-29-22)23(28)14-18-9-6-5-8-16(18)2/h5-11,22H,4,12-15H2,1-3H3/t22-/m0/s1. The van der Waals surface area contributed by atoms with Gasteiger partial charge in [0.1, 0.15) is 11.9 Å². The van der Waals surface area contributed by atoms with Gasteiger partial charge in [-0.15, -0.1) is 0 Å². The predicted octanol–water partition coefficient (Wildman–Crippen LogP) is 4.06. The summed E-state index contributed by atoms with van der Waals surface area (Å²) in [6.45, 7) is 7.61. The molecule has 6 nitrogen and oxygen atoms in total. The zero-order valence-electron chi connectivity index (χ0n) is 17.7. The molecule has 1 atom stereocenters. The second-order valence-corrected chi connectivity index (χ2v) is 7.67. The predicted molar refractivity (Wildman–Crippen MR) is 114 cm³/mol. The second-order valence-electron chi connectivity index (χ2n) is 7.67. The van der Waals surface area contributed by atoms with Gasteiger partial charge >= 0.3 is 0 Å². The van der Waals surface area contributed by atoms with Gasteiger partial charge in [0.15, 0.2) is 0 Å². The number of amides is 1. The van der Waals surface area contributed by atoms with E-state index < -0.39 is 0 Å². The third kappa shape index (κ3) is 4.14. The van der Waals surface area contributed by atoms with Crippen molar-refractivity contribution in [3.05, 3.63) is 70.7 Å². The highest BCUT2D eigenvalue weighted by atomic mass is 16.5. The van der Waals surface area contributed by atoms with Gasteiger partial charge in [-0.05, 0) is 37.1 Å². The maximum atomic E-state index is 12.9. The minimum Gasteiger partial charge on any atom is -0.368 e. The fraction of sp³-hybridized carbons (Fsp3) is 0.375. The molecule has 0 N–H and O–H groups in total. The quantitative estimate of drug-likeness (QED) is 0.640. The lowest BCUT2D eigenvalue weighted by molar-refractivity contribution is -0.138. The van der Waals surface area contributed by atoms with Crippen LogP contribution in [0.25, 0.3) is 11.3 Å². The van der Waals surface area contributed by atoms with Crippen LogP contribution >= 0.6 is 0 Å². The normalized spacial score (nSPS) is 16.6. The molecular weight excluding hydrogens is 378 g/mol. The fourth-order valence-corrected chi connectivity index (χ4v) is 3.89. The summed E-state index contributed by atoms with van der Waals surface area (Å²) in [7, 11) is 0. The zero-order valence-corrected chi connectivity index (χ0v) is 17.7. The number of hydrogen-bond donors (Lipinski definition) is 0. The van der Waals surface area contributed by atoms with Crippen molar-refractivity contribution < 1.29 is 14.1 Å². The highest BCUT2D eigenvalue weighted by Gasteiger charge is 2.27. The molecule has 1 aliphatic heterocycles. The minimum atomic E-state index is -0.246. The highest BCUT2D eigenvalue weighted by molar-refractivity contribution is 5.79. The van der Waals surface area contributed by atoms with Crippen LogP contribution in [0.2, 0.25) is 0 Å². The number of rotatable bonds is 5. The summed E-state index contributed by atoms with van der Waals surface area (Å²) in [6, 6.07) is 13.9. The molecular formula is C24H27N3O3. The summed E-state index contributed by atoms with van der Waals surface area (Å²) in [5, 5.41) is 4.09. The van der Waals surface area contributed by atoms with Crippen molar-refractivity contribution in [2.45, 2.75) is 39.7 Å². The number of pyridine rings is 1. The molecule has 30 heavy (non-hydrogen) atoms. The Morgan fingerprint density at radius 1 is 1.17 bits per heavy atom. The van der Waals surface area contributed by atoms with Gasteiger partial charge in [0.25, 0.3) is 0 Å². The molecule has 0 radical (unpaired) electrons.